The Bertz CT molecular complexity index is 569. The van der Waals surface area contributed by atoms with Crippen LogP contribution in [-0.2, 0) is 4.79 Å². The number of carboxylic acids is 1. The Kier molecular flexibility index (Phi) is 5.29. The van der Waals surface area contributed by atoms with Crippen LogP contribution in [0.15, 0.2) is 18.2 Å². The SMILES string of the molecule is Cc1cccc(NC(=O)NC(C)C(=O)N(C)C)c1C(=O)O. The average Bonchev–Trinajstić information content (AvgIpc) is 2.36. The highest BCUT2D eigenvalue weighted by Crippen LogP contribution is 2.19. The van der Waals surface area contributed by atoms with Crippen LogP contribution in [0.1, 0.15) is 22.8 Å². The van der Waals surface area contributed by atoms with E-state index < -0.39 is 18.0 Å². The van der Waals surface area contributed by atoms with Crippen molar-refractivity contribution in [3.8, 4) is 0 Å². The minimum atomic E-state index is -1.12. The van der Waals surface area contributed by atoms with E-state index in [9.17, 15) is 14.4 Å². The maximum Gasteiger partial charge on any atom is 0.338 e. The van der Waals surface area contributed by atoms with Crippen molar-refractivity contribution in [2.75, 3.05) is 19.4 Å². The van der Waals surface area contributed by atoms with Crippen LogP contribution in [0.2, 0.25) is 0 Å². The summed E-state index contributed by atoms with van der Waals surface area (Å²) >= 11 is 0. The topological polar surface area (TPSA) is 98.7 Å². The number of carboxylic acid groups (broad SMARTS) is 1. The zero-order chi connectivity index (χ0) is 16.2. The first-order valence-corrected chi connectivity index (χ1v) is 6.35. The predicted molar refractivity (Wildman–Crippen MR) is 78.4 cm³/mol. The molecule has 1 aromatic carbocycles. The van der Waals surface area contributed by atoms with Crippen LogP contribution in [-0.4, -0.2) is 48.1 Å². The van der Waals surface area contributed by atoms with Gasteiger partial charge in [0.15, 0.2) is 0 Å². The lowest BCUT2D eigenvalue weighted by atomic mass is 10.1. The molecule has 0 spiro atoms. The van der Waals surface area contributed by atoms with Crippen molar-refractivity contribution in [1.29, 1.82) is 0 Å². The molecular formula is C14H19N3O4. The Morgan fingerprint density at radius 1 is 1.24 bits per heavy atom. The van der Waals surface area contributed by atoms with Gasteiger partial charge in [0.1, 0.15) is 6.04 Å². The Labute approximate surface area is 122 Å². The number of benzene rings is 1. The quantitative estimate of drug-likeness (QED) is 0.779. The summed E-state index contributed by atoms with van der Waals surface area (Å²) in [5.74, 6) is -1.38. The summed E-state index contributed by atoms with van der Waals surface area (Å²) in [5, 5.41) is 14.1. The molecule has 0 saturated carbocycles. The van der Waals surface area contributed by atoms with Crippen molar-refractivity contribution in [1.82, 2.24) is 10.2 Å². The van der Waals surface area contributed by atoms with Gasteiger partial charge in [-0.3, -0.25) is 4.79 Å². The third-order valence-corrected chi connectivity index (χ3v) is 2.89. The van der Waals surface area contributed by atoms with Crippen LogP contribution < -0.4 is 10.6 Å². The second-order valence-corrected chi connectivity index (χ2v) is 4.86. The fourth-order valence-corrected chi connectivity index (χ4v) is 1.86. The number of nitrogens with zero attached hydrogens (tertiary/aromatic N) is 1. The first kappa shape index (κ1) is 16.5. The van der Waals surface area contributed by atoms with Crippen molar-refractivity contribution in [2.45, 2.75) is 19.9 Å². The fraction of sp³-hybridized carbons (Fsp3) is 0.357. The number of rotatable bonds is 4. The third kappa shape index (κ3) is 4.20. The van der Waals surface area contributed by atoms with Crippen molar-refractivity contribution >= 4 is 23.6 Å². The van der Waals surface area contributed by atoms with Crippen LogP contribution in [0, 0.1) is 6.92 Å². The Morgan fingerprint density at radius 2 is 1.86 bits per heavy atom. The molecule has 3 N–H and O–H groups in total. The van der Waals surface area contributed by atoms with Crippen molar-refractivity contribution in [3.63, 3.8) is 0 Å². The van der Waals surface area contributed by atoms with Gasteiger partial charge in [-0.2, -0.15) is 0 Å². The molecule has 21 heavy (non-hydrogen) atoms. The molecule has 0 aliphatic carbocycles. The largest absolute Gasteiger partial charge is 0.478 e. The number of aromatic carboxylic acids is 1. The van der Waals surface area contributed by atoms with Crippen LogP contribution >= 0.6 is 0 Å². The Hall–Kier alpha value is -2.57. The van der Waals surface area contributed by atoms with Crippen molar-refractivity contribution in [2.24, 2.45) is 0 Å². The molecule has 7 nitrogen and oxygen atoms in total. The summed E-state index contributed by atoms with van der Waals surface area (Å²) in [7, 11) is 3.17. The van der Waals surface area contributed by atoms with Gasteiger partial charge in [0.25, 0.3) is 0 Å². The molecule has 7 heteroatoms. The lowest BCUT2D eigenvalue weighted by molar-refractivity contribution is -0.130. The van der Waals surface area contributed by atoms with E-state index in [1.54, 1.807) is 40.1 Å². The highest BCUT2D eigenvalue weighted by molar-refractivity contribution is 6.01. The zero-order valence-electron chi connectivity index (χ0n) is 12.4. The van der Waals surface area contributed by atoms with E-state index in [1.165, 1.54) is 11.0 Å². The normalized spacial score (nSPS) is 11.4. The molecule has 1 unspecified atom stereocenters. The number of likely N-dealkylation sites (N-methyl/N-ethyl adjacent to an activating group) is 1. The van der Waals surface area contributed by atoms with Gasteiger partial charge >= 0.3 is 12.0 Å². The van der Waals surface area contributed by atoms with Crippen molar-refractivity contribution < 1.29 is 19.5 Å². The average molecular weight is 293 g/mol. The summed E-state index contributed by atoms with van der Waals surface area (Å²) in [4.78, 5) is 36.1. The van der Waals surface area contributed by atoms with Gasteiger partial charge in [-0.25, -0.2) is 9.59 Å². The van der Waals surface area contributed by atoms with E-state index in [1.807, 2.05) is 0 Å². The number of carbonyl (C=O) groups excluding carboxylic acids is 2. The monoisotopic (exact) mass is 293 g/mol. The number of amides is 3. The summed E-state index contributed by atoms with van der Waals surface area (Å²) in [5.41, 5.74) is 0.751. The van der Waals surface area contributed by atoms with E-state index in [4.69, 9.17) is 5.11 Å². The number of anilines is 1. The summed E-state index contributed by atoms with van der Waals surface area (Å²) in [6.45, 7) is 3.20. The van der Waals surface area contributed by atoms with Gasteiger partial charge in [0.2, 0.25) is 5.91 Å². The summed E-state index contributed by atoms with van der Waals surface area (Å²) in [6.07, 6.45) is 0. The van der Waals surface area contributed by atoms with Crippen LogP contribution in [0.25, 0.3) is 0 Å². The molecule has 1 rings (SSSR count). The minimum Gasteiger partial charge on any atom is -0.478 e. The molecule has 3 amide bonds. The zero-order valence-corrected chi connectivity index (χ0v) is 12.4. The van der Waals surface area contributed by atoms with E-state index in [0.717, 1.165) is 0 Å². The number of nitrogens with one attached hydrogen (secondary N) is 2. The molecule has 0 fully saturated rings. The molecule has 1 atom stereocenters. The van der Waals surface area contributed by atoms with Crippen LogP contribution in [0.3, 0.4) is 0 Å². The van der Waals surface area contributed by atoms with Crippen molar-refractivity contribution in [3.05, 3.63) is 29.3 Å². The summed E-state index contributed by atoms with van der Waals surface area (Å²) in [6, 6.07) is 3.44. The Morgan fingerprint density at radius 3 is 2.38 bits per heavy atom. The molecule has 0 radical (unpaired) electrons. The molecule has 0 aliphatic rings. The van der Waals surface area contributed by atoms with Gasteiger partial charge < -0.3 is 20.6 Å². The van der Waals surface area contributed by atoms with E-state index >= 15 is 0 Å². The van der Waals surface area contributed by atoms with E-state index in [2.05, 4.69) is 10.6 Å². The molecular weight excluding hydrogens is 274 g/mol. The first-order valence-electron chi connectivity index (χ1n) is 6.35. The number of urea groups is 1. The number of carbonyl (C=O) groups is 3. The number of hydrogen-bond acceptors (Lipinski definition) is 3. The molecule has 0 aliphatic heterocycles. The third-order valence-electron chi connectivity index (χ3n) is 2.89. The molecule has 1 aromatic rings. The standard InChI is InChI=1S/C14H19N3O4/c1-8-6-5-7-10(11(8)13(19)20)16-14(21)15-9(2)12(18)17(3)4/h5-7,9H,1-4H3,(H,19,20)(H2,15,16,21). The van der Waals surface area contributed by atoms with E-state index in [-0.39, 0.29) is 17.2 Å². The summed E-state index contributed by atoms with van der Waals surface area (Å²) < 4.78 is 0. The fourth-order valence-electron chi connectivity index (χ4n) is 1.86. The highest BCUT2D eigenvalue weighted by atomic mass is 16.4. The van der Waals surface area contributed by atoms with Gasteiger partial charge in [-0.05, 0) is 25.5 Å². The lowest BCUT2D eigenvalue weighted by Crippen LogP contribution is -2.45. The van der Waals surface area contributed by atoms with Crippen LogP contribution in [0.5, 0.6) is 0 Å². The lowest BCUT2D eigenvalue weighted by Gasteiger charge is -2.18. The molecule has 0 saturated heterocycles. The Balaban J connectivity index is 2.83. The number of aryl methyl sites for hydroxylation is 1. The highest BCUT2D eigenvalue weighted by Gasteiger charge is 2.19. The number of hydrogen-bond donors (Lipinski definition) is 3. The van der Waals surface area contributed by atoms with Gasteiger partial charge in [-0.1, -0.05) is 12.1 Å². The van der Waals surface area contributed by atoms with Crippen LogP contribution in [0.4, 0.5) is 10.5 Å². The second kappa shape index (κ2) is 6.74. The predicted octanol–water partition coefficient (Wildman–Crippen LogP) is 1.29. The van der Waals surface area contributed by atoms with Gasteiger partial charge in [0.05, 0.1) is 11.3 Å². The minimum absolute atomic E-state index is 0.0271. The smallest absolute Gasteiger partial charge is 0.338 e. The maximum absolute atomic E-state index is 11.9. The second-order valence-electron chi connectivity index (χ2n) is 4.86. The molecule has 0 heterocycles. The maximum atomic E-state index is 11.9. The molecule has 0 aromatic heterocycles. The van der Waals surface area contributed by atoms with Gasteiger partial charge in [-0.15, -0.1) is 0 Å². The molecule has 114 valence electrons. The van der Waals surface area contributed by atoms with Gasteiger partial charge in [0, 0.05) is 14.1 Å². The first-order chi connectivity index (χ1) is 9.73. The van der Waals surface area contributed by atoms with E-state index in [0.29, 0.717) is 5.56 Å². The molecule has 0 bridgehead atoms.